The molecule has 5 nitrogen and oxygen atoms in total. The van der Waals surface area contributed by atoms with Crippen LogP contribution in [-0.4, -0.2) is 37.5 Å². The van der Waals surface area contributed by atoms with Gasteiger partial charge in [0.2, 0.25) is 15.9 Å². The Bertz CT molecular complexity index is 893. The third kappa shape index (κ3) is 6.56. The van der Waals surface area contributed by atoms with Gasteiger partial charge in [0.15, 0.2) is 0 Å². The Morgan fingerprint density at radius 1 is 1.00 bits per heavy atom. The lowest BCUT2D eigenvalue weighted by molar-refractivity contribution is -0.126. The summed E-state index contributed by atoms with van der Waals surface area (Å²) >= 11 is 5.87. The lowest BCUT2D eigenvalue weighted by Gasteiger charge is -2.30. The molecular weight excluding hydrogens is 408 g/mol. The molecule has 2 aromatic rings. The van der Waals surface area contributed by atoms with Crippen LogP contribution in [0.2, 0.25) is 5.02 Å². The van der Waals surface area contributed by atoms with Crippen molar-refractivity contribution in [3.05, 3.63) is 70.7 Å². The Morgan fingerprint density at radius 2 is 1.66 bits per heavy atom. The van der Waals surface area contributed by atoms with E-state index in [-0.39, 0.29) is 17.6 Å². The Kier molecular flexibility index (Phi) is 7.70. The van der Waals surface area contributed by atoms with Crippen molar-refractivity contribution < 1.29 is 13.2 Å². The summed E-state index contributed by atoms with van der Waals surface area (Å²) < 4.78 is 26.8. The average Bonchev–Trinajstić information content (AvgIpc) is 2.74. The molecule has 1 aliphatic heterocycles. The molecule has 1 fully saturated rings. The van der Waals surface area contributed by atoms with E-state index in [2.05, 4.69) is 5.32 Å². The van der Waals surface area contributed by atoms with Crippen LogP contribution in [0.3, 0.4) is 0 Å². The fourth-order valence-electron chi connectivity index (χ4n) is 3.56. The summed E-state index contributed by atoms with van der Waals surface area (Å²) in [6.07, 6.45) is 2.48. The minimum atomic E-state index is -3.27. The van der Waals surface area contributed by atoms with Gasteiger partial charge < -0.3 is 5.32 Å². The van der Waals surface area contributed by atoms with E-state index in [1.54, 1.807) is 16.4 Å². The number of hydrogen-bond acceptors (Lipinski definition) is 3. The third-order valence-corrected chi connectivity index (χ3v) is 7.52. The highest BCUT2D eigenvalue weighted by Crippen LogP contribution is 2.21. The normalized spacial score (nSPS) is 15.9. The molecule has 3 rings (SSSR count). The number of benzene rings is 2. The molecule has 0 spiro atoms. The monoisotopic (exact) mass is 434 g/mol. The first-order valence-electron chi connectivity index (χ1n) is 9.98. The molecule has 1 heterocycles. The highest BCUT2D eigenvalue weighted by atomic mass is 35.5. The summed E-state index contributed by atoms with van der Waals surface area (Å²) in [5, 5.41) is 3.61. The molecule has 0 radical (unpaired) electrons. The zero-order chi connectivity index (χ0) is 20.7. The number of amides is 1. The summed E-state index contributed by atoms with van der Waals surface area (Å²) in [4.78, 5) is 12.4. The smallest absolute Gasteiger partial charge is 0.223 e. The number of aryl methyl sites for hydroxylation is 1. The van der Waals surface area contributed by atoms with Crippen LogP contribution >= 0.6 is 11.6 Å². The van der Waals surface area contributed by atoms with Gasteiger partial charge in [0.05, 0.1) is 5.75 Å². The van der Waals surface area contributed by atoms with Gasteiger partial charge in [0.1, 0.15) is 0 Å². The van der Waals surface area contributed by atoms with Crippen LogP contribution in [0.4, 0.5) is 0 Å². The van der Waals surface area contributed by atoms with Crippen molar-refractivity contribution in [3.63, 3.8) is 0 Å². The van der Waals surface area contributed by atoms with Crippen molar-refractivity contribution >= 4 is 27.5 Å². The fourth-order valence-corrected chi connectivity index (χ4v) is 5.22. The van der Waals surface area contributed by atoms with Crippen molar-refractivity contribution in [1.29, 1.82) is 0 Å². The van der Waals surface area contributed by atoms with Crippen molar-refractivity contribution in [2.75, 3.05) is 18.8 Å². The van der Waals surface area contributed by atoms with E-state index in [1.807, 2.05) is 42.5 Å². The second-order valence-electron chi connectivity index (χ2n) is 7.42. The Balaban J connectivity index is 1.41. The van der Waals surface area contributed by atoms with Gasteiger partial charge in [0.25, 0.3) is 0 Å². The van der Waals surface area contributed by atoms with Crippen LogP contribution in [0.1, 0.15) is 30.4 Å². The second-order valence-corrected chi connectivity index (χ2v) is 9.95. The molecule has 0 aliphatic carbocycles. The summed E-state index contributed by atoms with van der Waals surface area (Å²) in [6.45, 7) is 1.27. The molecular formula is C22H27ClN2O3S. The maximum atomic E-state index is 12.6. The molecule has 1 saturated heterocycles. The van der Waals surface area contributed by atoms with E-state index in [0.29, 0.717) is 43.9 Å². The number of carbonyl (C=O) groups excluding carboxylic acids is 1. The SMILES string of the molecule is O=C(NCc1ccc(Cl)cc1)C1CCN(S(=O)(=O)CCCc2ccccc2)CC1. The van der Waals surface area contributed by atoms with E-state index >= 15 is 0 Å². The number of sulfonamides is 1. The number of nitrogens with one attached hydrogen (secondary N) is 1. The van der Waals surface area contributed by atoms with E-state index in [0.717, 1.165) is 17.5 Å². The van der Waals surface area contributed by atoms with E-state index in [1.165, 1.54) is 0 Å². The number of piperidine rings is 1. The van der Waals surface area contributed by atoms with Gasteiger partial charge in [-0.1, -0.05) is 54.1 Å². The summed E-state index contributed by atoms with van der Waals surface area (Å²) in [5.74, 6) is -0.00543. The Hall–Kier alpha value is -1.89. The van der Waals surface area contributed by atoms with Gasteiger partial charge in [0, 0.05) is 30.6 Å². The quantitative estimate of drug-likeness (QED) is 0.689. The predicted molar refractivity (Wildman–Crippen MR) is 116 cm³/mol. The van der Waals surface area contributed by atoms with Crippen LogP contribution < -0.4 is 5.32 Å². The highest BCUT2D eigenvalue weighted by Gasteiger charge is 2.30. The Morgan fingerprint density at radius 3 is 2.31 bits per heavy atom. The molecule has 1 amide bonds. The predicted octanol–water partition coefficient (Wildman–Crippen LogP) is 3.63. The molecule has 1 aliphatic rings. The molecule has 0 atom stereocenters. The standard InChI is InChI=1S/C22H27ClN2O3S/c23-21-10-8-19(9-11-21)17-24-22(26)20-12-14-25(15-13-20)29(27,28)16-4-7-18-5-2-1-3-6-18/h1-3,5-6,8-11,20H,4,7,12-17H2,(H,24,26). The number of halogens is 1. The minimum absolute atomic E-state index is 0.0129. The first-order valence-corrected chi connectivity index (χ1v) is 12.0. The van der Waals surface area contributed by atoms with Crippen LogP contribution in [0.5, 0.6) is 0 Å². The molecule has 0 unspecified atom stereocenters. The molecule has 2 aromatic carbocycles. The highest BCUT2D eigenvalue weighted by molar-refractivity contribution is 7.89. The van der Waals surface area contributed by atoms with Gasteiger partial charge in [-0.05, 0) is 48.9 Å². The van der Waals surface area contributed by atoms with E-state index < -0.39 is 10.0 Å². The topological polar surface area (TPSA) is 66.5 Å². The fraction of sp³-hybridized carbons (Fsp3) is 0.409. The van der Waals surface area contributed by atoms with Crippen molar-refractivity contribution in [2.45, 2.75) is 32.2 Å². The van der Waals surface area contributed by atoms with Gasteiger partial charge in [-0.2, -0.15) is 0 Å². The number of carbonyl (C=O) groups is 1. The molecule has 0 saturated carbocycles. The molecule has 29 heavy (non-hydrogen) atoms. The van der Waals surface area contributed by atoms with Gasteiger partial charge in [-0.3, -0.25) is 4.79 Å². The van der Waals surface area contributed by atoms with Crippen molar-refractivity contribution in [1.82, 2.24) is 9.62 Å². The maximum Gasteiger partial charge on any atom is 0.223 e. The molecule has 0 aromatic heterocycles. The van der Waals surface area contributed by atoms with Crippen molar-refractivity contribution in [2.24, 2.45) is 5.92 Å². The van der Waals surface area contributed by atoms with Gasteiger partial charge >= 0.3 is 0 Å². The maximum absolute atomic E-state index is 12.6. The van der Waals surface area contributed by atoms with Crippen LogP contribution in [0.15, 0.2) is 54.6 Å². The van der Waals surface area contributed by atoms with E-state index in [4.69, 9.17) is 11.6 Å². The van der Waals surface area contributed by atoms with E-state index in [9.17, 15) is 13.2 Å². The number of nitrogens with zero attached hydrogens (tertiary/aromatic N) is 1. The average molecular weight is 435 g/mol. The zero-order valence-corrected chi connectivity index (χ0v) is 18.0. The van der Waals surface area contributed by atoms with Crippen molar-refractivity contribution in [3.8, 4) is 0 Å². The summed E-state index contributed by atoms with van der Waals surface area (Å²) in [6, 6.07) is 17.3. The van der Waals surface area contributed by atoms with Crippen LogP contribution in [0.25, 0.3) is 0 Å². The largest absolute Gasteiger partial charge is 0.352 e. The zero-order valence-electron chi connectivity index (χ0n) is 16.4. The Labute approximate surface area is 178 Å². The molecule has 0 bridgehead atoms. The lowest BCUT2D eigenvalue weighted by atomic mass is 9.97. The number of rotatable bonds is 8. The minimum Gasteiger partial charge on any atom is -0.352 e. The van der Waals surface area contributed by atoms with Gasteiger partial charge in [-0.25, -0.2) is 12.7 Å². The number of hydrogen-bond donors (Lipinski definition) is 1. The molecule has 7 heteroatoms. The van der Waals surface area contributed by atoms with Gasteiger partial charge in [-0.15, -0.1) is 0 Å². The lowest BCUT2D eigenvalue weighted by Crippen LogP contribution is -2.43. The molecule has 156 valence electrons. The van der Waals surface area contributed by atoms with Crippen LogP contribution in [0, 0.1) is 5.92 Å². The first kappa shape index (κ1) is 21.8. The second kappa shape index (κ2) is 10.2. The molecule has 1 N–H and O–H groups in total. The summed E-state index contributed by atoms with van der Waals surface area (Å²) in [7, 11) is -3.27. The summed E-state index contributed by atoms with van der Waals surface area (Å²) in [5.41, 5.74) is 2.14. The van der Waals surface area contributed by atoms with Crippen LogP contribution in [-0.2, 0) is 27.8 Å². The first-order chi connectivity index (χ1) is 13.9. The third-order valence-electron chi connectivity index (χ3n) is 5.31.